The number of fused-ring (bicyclic) bond motifs is 1. The normalized spacial score (nSPS) is 11.9. The van der Waals surface area contributed by atoms with Crippen molar-refractivity contribution >= 4 is 37.5 Å². The van der Waals surface area contributed by atoms with Crippen LogP contribution in [0.5, 0.6) is 0 Å². The van der Waals surface area contributed by atoms with Crippen molar-refractivity contribution in [1.82, 2.24) is 20.2 Å². The number of aromatic amines is 1. The van der Waals surface area contributed by atoms with E-state index in [2.05, 4.69) is 20.2 Å². The van der Waals surface area contributed by atoms with Crippen LogP contribution in [-0.4, -0.2) is 33.1 Å². The zero-order valence-corrected chi connectivity index (χ0v) is 14.2. The Balaban J connectivity index is 1.90. The molecule has 0 unspecified atom stereocenters. The summed E-state index contributed by atoms with van der Waals surface area (Å²) in [6.45, 7) is 0. The van der Waals surface area contributed by atoms with Crippen molar-refractivity contribution in [1.29, 1.82) is 0 Å². The van der Waals surface area contributed by atoms with E-state index >= 15 is 0 Å². The van der Waals surface area contributed by atoms with Gasteiger partial charge in [-0.2, -0.15) is 13.5 Å². The molecule has 3 heterocycles. The van der Waals surface area contributed by atoms with E-state index in [9.17, 15) is 13.0 Å². The van der Waals surface area contributed by atoms with Gasteiger partial charge in [0.2, 0.25) is 0 Å². The van der Waals surface area contributed by atoms with Crippen molar-refractivity contribution in [2.75, 3.05) is 5.73 Å². The minimum absolute atomic E-state index is 0.176. The Labute approximate surface area is 146 Å². The lowest BCUT2D eigenvalue weighted by molar-refractivity contribution is 0.483. The Bertz CT molecular complexity index is 1180. The SMILES string of the molecule is Nc1[nH]nc(-c2ccncc2)c1-c1nc2ccc(S(=O)(=O)O)cc2s1. The van der Waals surface area contributed by atoms with Crippen LogP contribution < -0.4 is 5.73 Å². The molecule has 0 fully saturated rings. The molecule has 4 N–H and O–H groups in total. The van der Waals surface area contributed by atoms with Crippen LogP contribution in [-0.2, 0) is 10.1 Å². The Kier molecular flexibility index (Phi) is 3.53. The van der Waals surface area contributed by atoms with Crippen molar-refractivity contribution in [2.45, 2.75) is 4.90 Å². The summed E-state index contributed by atoms with van der Waals surface area (Å²) in [5, 5.41) is 7.59. The summed E-state index contributed by atoms with van der Waals surface area (Å²) >= 11 is 1.27. The van der Waals surface area contributed by atoms with E-state index in [1.165, 1.54) is 23.5 Å². The van der Waals surface area contributed by atoms with Gasteiger partial charge in [0.1, 0.15) is 16.5 Å². The van der Waals surface area contributed by atoms with Gasteiger partial charge >= 0.3 is 0 Å². The Morgan fingerprint density at radius 1 is 1.16 bits per heavy atom. The zero-order chi connectivity index (χ0) is 17.6. The van der Waals surface area contributed by atoms with E-state index in [1.54, 1.807) is 18.5 Å². The number of anilines is 1. The van der Waals surface area contributed by atoms with Crippen molar-refractivity contribution in [3.05, 3.63) is 42.7 Å². The van der Waals surface area contributed by atoms with Crippen LogP contribution in [0.4, 0.5) is 5.82 Å². The third-order valence-corrected chi connectivity index (χ3v) is 5.50. The summed E-state index contributed by atoms with van der Waals surface area (Å²) in [5.74, 6) is 0.362. The molecule has 126 valence electrons. The molecule has 1 aromatic carbocycles. The Hall–Kier alpha value is -2.82. The Morgan fingerprint density at radius 2 is 1.92 bits per heavy atom. The second kappa shape index (κ2) is 5.62. The van der Waals surface area contributed by atoms with Gasteiger partial charge in [-0.3, -0.25) is 14.6 Å². The number of hydrogen-bond donors (Lipinski definition) is 3. The minimum Gasteiger partial charge on any atom is -0.383 e. The topological polar surface area (TPSA) is 135 Å². The Morgan fingerprint density at radius 3 is 2.64 bits per heavy atom. The number of rotatable bonds is 3. The van der Waals surface area contributed by atoms with Gasteiger partial charge in [0.05, 0.1) is 20.7 Å². The van der Waals surface area contributed by atoms with Gasteiger partial charge in [-0.05, 0) is 30.3 Å². The molecular formula is C15H11N5O3S2. The monoisotopic (exact) mass is 373 g/mol. The first kappa shape index (κ1) is 15.7. The van der Waals surface area contributed by atoms with Crippen molar-refractivity contribution < 1.29 is 13.0 Å². The highest BCUT2D eigenvalue weighted by atomic mass is 32.2. The number of nitrogens with zero attached hydrogens (tertiary/aromatic N) is 3. The predicted molar refractivity (Wildman–Crippen MR) is 94.7 cm³/mol. The molecule has 0 amide bonds. The van der Waals surface area contributed by atoms with Crippen LogP contribution in [0.25, 0.3) is 32.0 Å². The number of nitrogens with one attached hydrogen (secondary N) is 1. The van der Waals surface area contributed by atoms with Gasteiger partial charge in [0, 0.05) is 18.0 Å². The number of pyridine rings is 1. The second-order valence-corrected chi connectivity index (χ2v) is 7.67. The van der Waals surface area contributed by atoms with Crippen LogP contribution >= 0.6 is 11.3 Å². The van der Waals surface area contributed by atoms with E-state index in [1.807, 2.05) is 12.1 Å². The molecule has 0 saturated heterocycles. The van der Waals surface area contributed by atoms with Crippen molar-refractivity contribution in [3.63, 3.8) is 0 Å². The highest BCUT2D eigenvalue weighted by Gasteiger charge is 2.19. The molecule has 0 saturated carbocycles. The molecule has 3 aromatic heterocycles. The number of hydrogen-bond acceptors (Lipinski definition) is 7. The van der Waals surface area contributed by atoms with Gasteiger partial charge in [0.25, 0.3) is 10.1 Å². The molecule has 10 heteroatoms. The van der Waals surface area contributed by atoms with E-state index in [0.717, 1.165) is 5.56 Å². The van der Waals surface area contributed by atoms with E-state index in [4.69, 9.17) is 5.73 Å². The summed E-state index contributed by atoms with van der Waals surface area (Å²) in [6, 6.07) is 7.85. The summed E-state index contributed by atoms with van der Waals surface area (Å²) in [5.41, 5.74) is 8.74. The molecule has 0 atom stereocenters. The molecule has 8 nitrogen and oxygen atoms in total. The summed E-state index contributed by atoms with van der Waals surface area (Å²) in [6.07, 6.45) is 3.31. The van der Waals surface area contributed by atoms with Crippen molar-refractivity contribution in [2.24, 2.45) is 0 Å². The lowest BCUT2D eigenvalue weighted by Crippen LogP contribution is -1.96. The van der Waals surface area contributed by atoms with Crippen LogP contribution in [0, 0.1) is 0 Å². The minimum atomic E-state index is -4.27. The average Bonchev–Trinajstić information content (AvgIpc) is 3.17. The third-order valence-electron chi connectivity index (χ3n) is 3.62. The quantitative estimate of drug-likeness (QED) is 0.470. The number of benzene rings is 1. The first-order valence-corrected chi connectivity index (χ1v) is 9.32. The molecule has 25 heavy (non-hydrogen) atoms. The lowest BCUT2D eigenvalue weighted by atomic mass is 10.1. The first-order chi connectivity index (χ1) is 11.9. The lowest BCUT2D eigenvalue weighted by Gasteiger charge is -1.99. The van der Waals surface area contributed by atoms with Crippen LogP contribution in [0.1, 0.15) is 0 Å². The standard InChI is InChI=1S/C15H11N5O3S2/c16-14-12(13(19-20-14)8-3-5-17-6-4-8)15-18-10-2-1-9(25(21,22)23)7-11(10)24-15/h1-7H,(H3,16,19,20)(H,21,22,23). The van der Waals surface area contributed by atoms with Gasteiger partial charge in [-0.25, -0.2) is 4.98 Å². The summed E-state index contributed by atoms with van der Waals surface area (Å²) in [7, 11) is -4.27. The van der Waals surface area contributed by atoms with Gasteiger partial charge in [-0.15, -0.1) is 11.3 Å². The van der Waals surface area contributed by atoms with Crippen LogP contribution in [0.2, 0.25) is 0 Å². The summed E-state index contributed by atoms with van der Waals surface area (Å²) < 4.78 is 32.4. The number of nitrogen functional groups attached to an aromatic ring is 1. The summed E-state index contributed by atoms with van der Waals surface area (Å²) in [4.78, 5) is 8.32. The van der Waals surface area contributed by atoms with Crippen molar-refractivity contribution in [3.8, 4) is 21.8 Å². The largest absolute Gasteiger partial charge is 0.383 e. The van der Waals surface area contributed by atoms with E-state index in [-0.39, 0.29) is 4.90 Å². The van der Waals surface area contributed by atoms with Gasteiger partial charge in [0.15, 0.2) is 0 Å². The van der Waals surface area contributed by atoms with Gasteiger partial charge < -0.3 is 5.73 Å². The molecule has 0 radical (unpaired) electrons. The third kappa shape index (κ3) is 2.76. The number of aromatic nitrogens is 4. The maximum Gasteiger partial charge on any atom is 0.294 e. The van der Waals surface area contributed by atoms with E-state index < -0.39 is 10.1 Å². The average molecular weight is 373 g/mol. The molecule has 0 aliphatic carbocycles. The maximum atomic E-state index is 11.3. The number of nitrogens with two attached hydrogens (primary N) is 1. The fourth-order valence-corrected chi connectivity index (χ4v) is 4.11. The van der Waals surface area contributed by atoms with Crippen LogP contribution in [0.15, 0.2) is 47.6 Å². The molecular weight excluding hydrogens is 362 g/mol. The predicted octanol–water partition coefficient (Wildman–Crippen LogP) is 2.58. The second-order valence-electron chi connectivity index (χ2n) is 5.22. The van der Waals surface area contributed by atoms with Gasteiger partial charge in [-0.1, -0.05) is 0 Å². The molecule has 0 aliphatic rings. The fraction of sp³-hybridized carbons (Fsp3) is 0. The highest BCUT2D eigenvalue weighted by Crippen LogP contribution is 2.39. The number of thiazole rings is 1. The maximum absolute atomic E-state index is 11.3. The molecule has 0 bridgehead atoms. The molecule has 0 spiro atoms. The number of H-pyrrole nitrogens is 1. The first-order valence-electron chi connectivity index (χ1n) is 7.06. The molecule has 0 aliphatic heterocycles. The molecule has 4 aromatic rings. The molecule has 4 rings (SSSR count). The van der Waals surface area contributed by atoms with Crippen LogP contribution in [0.3, 0.4) is 0 Å². The fourth-order valence-electron chi connectivity index (χ4n) is 2.46. The smallest absolute Gasteiger partial charge is 0.294 e. The zero-order valence-electron chi connectivity index (χ0n) is 12.5. The highest BCUT2D eigenvalue weighted by molar-refractivity contribution is 7.85. The van der Waals surface area contributed by atoms with E-state index in [0.29, 0.717) is 32.3 Å².